The molecule has 5 aromatic rings. The Labute approximate surface area is 245 Å². The van der Waals surface area contributed by atoms with E-state index in [1.165, 1.54) is 52.0 Å². The number of nitrogens with zero attached hydrogens (tertiary/aromatic N) is 4. The summed E-state index contributed by atoms with van der Waals surface area (Å²) >= 11 is 4.79. The molecule has 10 heteroatoms. The van der Waals surface area contributed by atoms with Crippen LogP contribution in [-0.4, -0.2) is 36.9 Å². The number of anilines is 1. The van der Waals surface area contributed by atoms with Gasteiger partial charge in [-0.1, -0.05) is 75.8 Å². The topological polar surface area (TPSA) is 82.9 Å². The summed E-state index contributed by atoms with van der Waals surface area (Å²) in [6.07, 6.45) is 1.60. The molecule has 0 saturated carbocycles. The molecule has 0 atom stereocenters. The van der Waals surface area contributed by atoms with Crippen LogP contribution in [0.3, 0.4) is 0 Å². The fourth-order valence-electron chi connectivity index (χ4n) is 3.97. The first-order valence-electron chi connectivity index (χ1n) is 12.3. The van der Waals surface area contributed by atoms with Crippen molar-refractivity contribution in [3.63, 3.8) is 0 Å². The first kappa shape index (κ1) is 27.9. The van der Waals surface area contributed by atoms with E-state index in [1.807, 2.05) is 79.7 Å². The van der Waals surface area contributed by atoms with Gasteiger partial charge in [0.1, 0.15) is 0 Å². The molecule has 7 nitrogen and oxygen atoms in total. The zero-order valence-electron chi connectivity index (χ0n) is 21.7. The lowest BCUT2D eigenvalue weighted by molar-refractivity contribution is 0.0987. The molecule has 0 unspecified atom stereocenters. The van der Waals surface area contributed by atoms with Gasteiger partial charge in [-0.15, -0.1) is 0 Å². The Morgan fingerprint density at radius 3 is 2.38 bits per heavy atom. The Hall–Kier alpha value is -3.70. The largest absolute Gasteiger partial charge is 0.280 e. The molecule has 0 radical (unpaired) electrons. The van der Waals surface area contributed by atoms with E-state index >= 15 is 0 Å². The third kappa shape index (κ3) is 6.20. The molecule has 40 heavy (non-hydrogen) atoms. The molecule has 0 aliphatic rings. The smallest absolute Gasteiger partial charge is 0.267 e. The summed E-state index contributed by atoms with van der Waals surface area (Å²) in [6.45, 7) is 2.24. The number of carbonyl (C=O) groups is 1. The van der Waals surface area contributed by atoms with Crippen molar-refractivity contribution in [3.05, 3.63) is 124 Å². The fraction of sp³-hybridized carbons (Fsp3) is 0.100. The molecule has 0 bridgehead atoms. The van der Waals surface area contributed by atoms with Crippen molar-refractivity contribution in [2.75, 3.05) is 12.1 Å². The Balaban J connectivity index is 1.44. The highest BCUT2D eigenvalue weighted by atomic mass is 79.9. The van der Waals surface area contributed by atoms with Gasteiger partial charge in [-0.25, -0.2) is 13.4 Å². The van der Waals surface area contributed by atoms with Crippen LogP contribution in [0.1, 0.15) is 27.0 Å². The van der Waals surface area contributed by atoms with Crippen molar-refractivity contribution in [1.29, 1.82) is 0 Å². The zero-order chi connectivity index (χ0) is 28.3. The van der Waals surface area contributed by atoms with Gasteiger partial charge in [0.15, 0.2) is 0 Å². The minimum absolute atomic E-state index is 0.0999. The average Bonchev–Trinajstić information content (AvgIpc) is 3.37. The maximum atomic E-state index is 13.7. The minimum Gasteiger partial charge on any atom is -0.267 e. The Kier molecular flexibility index (Phi) is 8.22. The van der Waals surface area contributed by atoms with Crippen molar-refractivity contribution in [1.82, 2.24) is 9.29 Å². The van der Waals surface area contributed by atoms with Gasteiger partial charge >= 0.3 is 0 Å². The molecule has 1 aromatic heterocycles. The Bertz CT molecular complexity index is 1790. The molecule has 0 aliphatic heterocycles. The maximum absolute atomic E-state index is 13.7. The van der Waals surface area contributed by atoms with Crippen molar-refractivity contribution < 1.29 is 13.2 Å². The van der Waals surface area contributed by atoms with E-state index in [-0.39, 0.29) is 17.0 Å². The van der Waals surface area contributed by atoms with Crippen LogP contribution in [0.15, 0.2) is 112 Å². The summed E-state index contributed by atoms with van der Waals surface area (Å²) < 4.78 is 29.5. The third-order valence-corrected chi connectivity index (χ3v) is 9.50. The average molecular weight is 634 g/mol. The molecule has 0 saturated heterocycles. The highest BCUT2D eigenvalue weighted by molar-refractivity contribution is 9.10. The van der Waals surface area contributed by atoms with E-state index in [0.29, 0.717) is 5.13 Å². The lowest BCUT2D eigenvalue weighted by Crippen LogP contribution is -2.27. The highest BCUT2D eigenvalue weighted by Gasteiger charge is 2.24. The number of fused-ring (bicyclic) bond motifs is 1. The summed E-state index contributed by atoms with van der Waals surface area (Å²) in [6, 6.07) is 28.7. The van der Waals surface area contributed by atoms with E-state index in [0.717, 1.165) is 31.4 Å². The van der Waals surface area contributed by atoms with E-state index < -0.39 is 15.9 Å². The SMILES string of the molecule is Cc1ccc2nc(N(/N=C/c3ccc(Br)cc3)C(=O)c3ccc(S(=O)(=O)N(C)Cc4ccccc4)cc3)sc2c1. The van der Waals surface area contributed by atoms with Gasteiger partial charge in [-0.05, 0) is 72.1 Å². The van der Waals surface area contributed by atoms with Crippen LogP contribution in [0, 0.1) is 6.92 Å². The highest BCUT2D eigenvalue weighted by Crippen LogP contribution is 2.31. The molecule has 0 fully saturated rings. The minimum atomic E-state index is -3.76. The molecule has 4 aromatic carbocycles. The third-order valence-electron chi connectivity index (χ3n) is 6.16. The Morgan fingerprint density at radius 2 is 1.68 bits per heavy atom. The van der Waals surface area contributed by atoms with Crippen LogP contribution in [0.25, 0.3) is 10.2 Å². The van der Waals surface area contributed by atoms with E-state index in [4.69, 9.17) is 0 Å². The second kappa shape index (κ2) is 11.8. The number of benzene rings is 4. The van der Waals surface area contributed by atoms with Crippen molar-refractivity contribution in [3.8, 4) is 0 Å². The molecule has 1 heterocycles. The number of thiazole rings is 1. The first-order valence-corrected chi connectivity index (χ1v) is 15.4. The summed E-state index contributed by atoms with van der Waals surface area (Å²) in [5.74, 6) is -0.425. The summed E-state index contributed by atoms with van der Waals surface area (Å²) in [5, 5.41) is 6.17. The van der Waals surface area contributed by atoms with Crippen LogP contribution in [0.2, 0.25) is 0 Å². The number of aryl methyl sites for hydroxylation is 1. The second-order valence-corrected chi connectivity index (χ2v) is 13.1. The number of hydrogen-bond acceptors (Lipinski definition) is 6. The predicted molar refractivity (Wildman–Crippen MR) is 164 cm³/mol. The normalized spacial score (nSPS) is 11.9. The van der Waals surface area contributed by atoms with Gasteiger partial charge < -0.3 is 0 Å². The number of sulfonamides is 1. The van der Waals surface area contributed by atoms with Crippen LogP contribution < -0.4 is 5.01 Å². The zero-order valence-corrected chi connectivity index (χ0v) is 24.9. The first-order chi connectivity index (χ1) is 19.2. The van der Waals surface area contributed by atoms with Gasteiger partial charge in [0.05, 0.1) is 21.3 Å². The van der Waals surface area contributed by atoms with Gasteiger partial charge in [-0.3, -0.25) is 4.79 Å². The summed E-state index contributed by atoms with van der Waals surface area (Å²) in [5.41, 5.74) is 3.83. The Morgan fingerprint density at radius 1 is 0.975 bits per heavy atom. The number of hydrazone groups is 1. The number of hydrogen-bond donors (Lipinski definition) is 0. The lowest BCUT2D eigenvalue weighted by Gasteiger charge is -2.18. The van der Waals surface area contributed by atoms with Crippen LogP contribution in [0.5, 0.6) is 0 Å². The number of aromatic nitrogens is 1. The maximum Gasteiger partial charge on any atom is 0.280 e. The standard InChI is InChI=1S/C30H25BrN4O3S2/c1-21-8-17-27-28(18-21)39-30(33-27)35(32-19-22-9-13-25(31)14-10-22)29(36)24-11-15-26(16-12-24)40(37,38)34(2)20-23-6-4-3-5-7-23/h3-19H,20H2,1-2H3/b32-19+. The molecule has 0 aliphatic carbocycles. The number of carbonyl (C=O) groups excluding carboxylic acids is 1. The fourth-order valence-corrected chi connectivity index (χ4v) is 6.41. The molecule has 0 N–H and O–H groups in total. The number of halogens is 1. The molecular weight excluding hydrogens is 608 g/mol. The predicted octanol–water partition coefficient (Wildman–Crippen LogP) is 6.87. The van der Waals surface area contributed by atoms with Crippen molar-refractivity contribution in [2.45, 2.75) is 18.4 Å². The second-order valence-electron chi connectivity index (χ2n) is 9.15. The molecule has 0 spiro atoms. The number of amides is 1. The summed E-state index contributed by atoms with van der Waals surface area (Å²) in [4.78, 5) is 18.5. The molecule has 202 valence electrons. The van der Waals surface area contributed by atoms with Gasteiger partial charge in [-0.2, -0.15) is 14.4 Å². The monoisotopic (exact) mass is 632 g/mol. The van der Waals surface area contributed by atoms with E-state index in [1.54, 1.807) is 6.21 Å². The van der Waals surface area contributed by atoms with E-state index in [2.05, 4.69) is 26.0 Å². The van der Waals surface area contributed by atoms with Gasteiger partial charge in [0.25, 0.3) is 5.91 Å². The van der Waals surface area contributed by atoms with Crippen LogP contribution in [0.4, 0.5) is 5.13 Å². The summed E-state index contributed by atoms with van der Waals surface area (Å²) in [7, 11) is -2.22. The van der Waals surface area contributed by atoms with Crippen molar-refractivity contribution in [2.24, 2.45) is 5.10 Å². The van der Waals surface area contributed by atoms with Gasteiger partial charge in [0, 0.05) is 23.6 Å². The van der Waals surface area contributed by atoms with Crippen molar-refractivity contribution >= 4 is 64.8 Å². The van der Waals surface area contributed by atoms with E-state index in [9.17, 15) is 13.2 Å². The quantitative estimate of drug-likeness (QED) is 0.138. The number of rotatable bonds is 8. The molecular formula is C30H25BrN4O3S2. The van der Waals surface area contributed by atoms with Crippen LogP contribution >= 0.6 is 27.3 Å². The molecule has 1 amide bonds. The van der Waals surface area contributed by atoms with Gasteiger partial charge in [0.2, 0.25) is 15.2 Å². The van der Waals surface area contributed by atoms with Crippen LogP contribution in [-0.2, 0) is 16.6 Å². The molecule has 5 rings (SSSR count). The lowest BCUT2D eigenvalue weighted by atomic mass is 10.2.